The van der Waals surface area contributed by atoms with Gasteiger partial charge in [-0.3, -0.25) is 4.79 Å². The lowest BCUT2D eigenvalue weighted by Gasteiger charge is -2.32. The molecule has 0 saturated carbocycles. The van der Waals surface area contributed by atoms with Crippen molar-refractivity contribution in [1.29, 1.82) is 0 Å². The van der Waals surface area contributed by atoms with Crippen LogP contribution >= 0.6 is 0 Å². The molecule has 66 valence electrons. The molecule has 1 heteroatoms. The van der Waals surface area contributed by atoms with Crippen molar-refractivity contribution in [3.8, 4) is 0 Å². The molecule has 0 aromatic carbocycles. The number of hydrogen-bond donors (Lipinski definition) is 0. The molecule has 0 heterocycles. The Kier molecular flexibility index (Phi) is 2.51. The Bertz CT molecular complexity index is 237. The van der Waals surface area contributed by atoms with E-state index in [1.807, 2.05) is 13.0 Å². The molecule has 0 fully saturated rings. The molecule has 0 saturated heterocycles. The number of hydrogen-bond acceptors (Lipinski definition) is 1. The average Bonchev–Trinajstić information content (AvgIpc) is 1.99. The second-order valence-corrected chi connectivity index (χ2v) is 3.85. The van der Waals surface area contributed by atoms with Crippen LogP contribution in [0.2, 0.25) is 0 Å². The first-order chi connectivity index (χ1) is 5.58. The van der Waals surface area contributed by atoms with E-state index in [-0.39, 0.29) is 11.2 Å². The smallest absolute Gasteiger partial charge is 0.155 e. The zero-order valence-corrected chi connectivity index (χ0v) is 7.89. The topological polar surface area (TPSA) is 17.1 Å². The number of carbonyl (C=O) groups excluding carboxylic acids is 1. The lowest BCUT2D eigenvalue weighted by Crippen LogP contribution is -2.23. The molecule has 1 aliphatic rings. The average molecular weight is 164 g/mol. The molecule has 1 atom stereocenters. The Morgan fingerprint density at radius 2 is 2.42 bits per heavy atom. The first kappa shape index (κ1) is 9.24. The van der Waals surface area contributed by atoms with Crippen molar-refractivity contribution in [2.24, 2.45) is 5.41 Å². The van der Waals surface area contributed by atoms with E-state index in [4.69, 9.17) is 0 Å². The molecule has 0 aromatic heterocycles. The largest absolute Gasteiger partial charge is 0.295 e. The van der Waals surface area contributed by atoms with E-state index >= 15 is 0 Å². The van der Waals surface area contributed by atoms with Crippen molar-refractivity contribution >= 4 is 5.78 Å². The van der Waals surface area contributed by atoms with Gasteiger partial charge in [-0.15, -0.1) is 6.58 Å². The Balaban J connectivity index is 2.86. The van der Waals surface area contributed by atoms with Crippen LogP contribution in [-0.4, -0.2) is 5.78 Å². The first-order valence-corrected chi connectivity index (χ1v) is 4.41. The highest BCUT2D eigenvalue weighted by Gasteiger charge is 2.29. The zero-order valence-electron chi connectivity index (χ0n) is 7.89. The standard InChI is InChI=1S/C11H16O/c1-4-6-11(3)7-5-10(12)8-9(11)2/h4,8H,1,5-7H2,2-3H3/t11-/m0/s1. The molecular formula is C11H16O. The maximum Gasteiger partial charge on any atom is 0.155 e. The summed E-state index contributed by atoms with van der Waals surface area (Å²) >= 11 is 0. The van der Waals surface area contributed by atoms with Crippen LogP contribution in [0.25, 0.3) is 0 Å². The van der Waals surface area contributed by atoms with E-state index in [0.717, 1.165) is 12.8 Å². The summed E-state index contributed by atoms with van der Waals surface area (Å²) in [7, 11) is 0. The van der Waals surface area contributed by atoms with Crippen molar-refractivity contribution in [1.82, 2.24) is 0 Å². The van der Waals surface area contributed by atoms with Gasteiger partial charge in [-0.25, -0.2) is 0 Å². The molecule has 0 amide bonds. The van der Waals surface area contributed by atoms with E-state index in [2.05, 4.69) is 13.5 Å². The second kappa shape index (κ2) is 3.26. The van der Waals surface area contributed by atoms with Gasteiger partial charge in [-0.1, -0.05) is 18.6 Å². The highest BCUT2D eigenvalue weighted by molar-refractivity contribution is 5.91. The summed E-state index contributed by atoms with van der Waals surface area (Å²) < 4.78 is 0. The minimum Gasteiger partial charge on any atom is -0.295 e. The molecule has 12 heavy (non-hydrogen) atoms. The molecular weight excluding hydrogens is 148 g/mol. The summed E-state index contributed by atoms with van der Waals surface area (Å²) in [5.41, 5.74) is 1.40. The molecule has 0 bridgehead atoms. The van der Waals surface area contributed by atoms with Crippen LogP contribution in [-0.2, 0) is 4.79 Å². The Hall–Kier alpha value is -0.850. The lowest BCUT2D eigenvalue weighted by atomic mass is 9.72. The van der Waals surface area contributed by atoms with Crippen molar-refractivity contribution in [3.63, 3.8) is 0 Å². The quantitative estimate of drug-likeness (QED) is 0.573. The molecule has 0 N–H and O–H groups in total. The van der Waals surface area contributed by atoms with Gasteiger partial charge in [-0.2, -0.15) is 0 Å². The third-order valence-electron chi connectivity index (χ3n) is 2.85. The third kappa shape index (κ3) is 1.66. The van der Waals surface area contributed by atoms with Crippen LogP contribution in [0, 0.1) is 5.41 Å². The monoisotopic (exact) mass is 164 g/mol. The minimum atomic E-state index is 0.190. The van der Waals surface area contributed by atoms with E-state index in [1.165, 1.54) is 5.57 Å². The number of ketones is 1. The van der Waals surface area contributed by atoms with Crippen LogP contribution in [0.5, 0.6) is 0 Å². The summed E-state index contributed by atoms with van der Waals surface area (Å²) in [6.45, 7) is 7.98. The first-order valence-electron chi connectivity index (χ1n) is 4.41. The van der Waals surface area contributed by atoms with Crippen LogP contribution < -0.4 is 0 Å². The Labute approximate surface area is 74.2 Å². The summed E-state index contributed by atoms with van der Waals surface area (Å²) in [5, 5.41) is 0. The Morgan fingerprint density at radius 3 is 2.92 bits per heavy atom. The summed E-state index contributed by atoms with van der Waals surface area (Å²) in [5.74, 6) is 0.272. The SMILES string of the molecule is C=CC[C@@]1(C)CCC(=O)C=C1C. The van der Waals surface area contributed by atoms with Crippen LogP contribution in [0.4, 0.5) is 0 Å². The molecule has 0 aromatic rings. The summed E-state index contributed by atoms with van der Waals surface area (Å²) in [6, 6.07) is 0. The second-order valence-electron chi connectivity index (χ2n) is 3.85. The molecule has 0 aliphatic heterocycles. The van der Waals surface area contributed by atoms with Gasteiger partial charge in [0.1, 0.15) is 0 Å². The molecule has 0 spiro atoms. The zero-order chi connectivity index (χ0) is 9.19. The van der Waals surface area contributed by atoms with Crippen LogP contribution in [0.1, 0.15) is 33.1 Å². The van der Waals surface area contributed by atoms with Crippen molar-refractivity contribution in [2.45, 2.75) is 33.1 Å². The number of carbonyl (C=O) groups is 1. The van der Waals surface area contributed by atoms with Gasteiger partial charge in [0.05, 0.1) is 0 Å². The molecule has 1 nitrogen and oxygen atoms in total. The van der Waals surface area contributed by atoms with Crippen LogP contribution in [0.15, 0.2) is 24.3 Å². The fourth-order valence-corrected chi connectivity index (χ4v) is 1.67. The van der Waals surface area contributed by atoms with Gasteiger partial charge < -0.3 is 0 Å². The van der Waals surface area contributed by atoms with E-state index in [0.29, 0.717) is 6.42 Å². The van der Waals surface area contributed by atoms with E-state index in [9.17, 15) is 4.79 Å². The number of rotatable bonds is 2. The lowest BCUT2D eigenvalue weighted by molar-refractivity contribution is -0.115. The highest BCUT2D eigenvalue weighted by Crippen LogP contribution is 2.38. The predicted octanol–water partition coefficient (Wildman–Crippen LogP) is 2.88. The Morgan fingerprint density at radius 1 is 1.75 bits per heavy atom. The van der Waals surface area contributed by atoms with Crippen molar-refractivity contribution in [2.75, 3.05) is 0 Å². The number of allylic oxidation sites excluding steroid dienone is 3. The van der Waals surface area contributed by atoms with Crippen molar-refractivity contribution in [3.05, 3.63) is 24.3 Å². The van der Waals surface area contributed by atoms with Gasteiger partial charge in [0, 0.05) is 6.42 Å². The minimum absolute atomic E-state index is 0.190. The maximum absolute atomic E-state index is 11.1. The summed E-state index contributed by atoms with van der Waals surface area (Å²) in [4.78, 5) is 11.1. The van der Waals surface area contributed by atoms with Gasteiger partial charge in [-0.05, 0) is 31.3 Å². The normalized spacial score (nSPS) is 29.8. The predicted molar refractivity (Wildman–Crippen MR) is 50.9 cm³/mol. The van der Waals surface area contributed by atoms with Gasteiger partial charge >= 0.3 is 0 Å². The van der Waals surface area contributed by atoms with Crippen LogP contribution in [0.3, 0.4) is 0 Å². The summed E-state index contributed by atoms with van der Waals surface area (Å²) in [6.07, 6.45) is 6.37. The van der Waals surface area contributed by atoms with Crippen molar-refractivity contribution < 1.29 is 4.79 Å². The van der Waals surface area contributed by atoms with E-state index in [1.54, 1.807) is 6.08 Å². The van der Waals surface area contributed by atoms with Gasteiger partial charge in [0.25, 0.3) is 0 Å². The van der Waals surface area contributed by atoms with E-state index < -0.39 is 0 Å². The molecule has 1 rings (SSSR count). The molecule has 0 unspecified atom stereocenters. The van der Waals surface area contributed by atoms with Gasteiger partial charge in [0.2, 0.25) is 0 Å². The molecule has 0 radical (unpaired) electrons. The highest BCUT2D eigenvalue weighted by atomic mass is 16.1. The molecule has 1 aliphatic carbocycles. The van der Waals surface area contributed by atoms with Gasteiger partial charge in [0.15, 0.2) is 5.78 Å². The fourth-order valence-electron chi connectivity index (χ4n) is 1.67. The fraction of sp³-hybridized carbons (Fsp3) is 0.545. The third-order valence-corrected chi connectivity index (χ3v) is 2.85. The maximum atomic E-state index is 11.1.